The van der Waals surface area contributed by atoms with E-state index in [1.807, 2.05) is 0 Å². The lowest BCUT2D eigenvalue weighted by atomic mass is 10.0. The topological polar surface area (TPSA) is 208 Å². The third-order valence-corrected chi connectivity index (χ3v) is 5.14. The van der Waals surface area contributed by atoms with Crippen LogP contribution in [0.25, 0.3) is 0 Å². The molecule has 0 saturated heterocycles. The number of amides is 3. The number of rotatable bonds is 14. The number of aliphatic hydroxyl groups excluding tert-OH is 1. The van der Waals surface area contributed by atoms with Gasteiger partial charge in [0.2, 0.25) is 17.7 Å². The average Bonchev–Trinajstić information content (AvgIpc) is 2.77. The van der Waals surface area contributed by atoms with Gasteiger partial charge in [-0.25, -0.2) is 4.79 Å². The Morgan fingerprint density at radius 3 is 2.00 bits per heavy atom. The van der Waals surface area contributed by atoms with Gasteiger partial charge < -0.3 is 37.0 Å². The van der Waals surface area contributed by atoms with Crippen LogP contribution in [-0.2, 0) is 30.4 Å². The van der Waals surface area contributed by atoms with E-state index in [1.165, 1.54) is 6.92 Å². The zero-order valence-corrected chi connectivity index (χ0v) is 19.4. The molecule has 13 heteroatoms. The number of aliphatic carboxylic acids is 2. The lowest BCUT2D eigenvalue weighted by Crippen LogP contribution is -2.59. The Balaban J connectivity index is 2.88. The SMILES string of the molecule is CC(O)C(NC(=O)C(CS)NC(=O)C(CCC(=O)O)NC(=O)C(N)Cc1ccccc1)C(=O)O. The van der Waals surface area contributed by atoms with E-state index in [4.69, 9.17) is 15.9 Å². The summed E-state index contributed by atoms with van der Waals surface area (Å²) < 4.78 is 0. The first kappa shape index (κ1) is 28.9. The number of hydrogen-bond acceptors (Lipinski definition) is 8. The number of thiol groups is 1. The maximum absolute atomic E-state index is 12.8. The van der Waals surface area contributed by atoms with Crippen molar-refractivity contribution in [1.29, 1.82) is 0 Å². The lowest BCUT2D eigenvalue weighted by Gasteiger charge is -2.25. The van der Waals surface area contributed by atoms with Crippen LogP contribution in [0.4, 0.5) is 0 Å². The number of carboxylic acid groups (broad SMARTS) is 2. The van der Waals surface area contributed by atoms with E-state index >= 15 is 0 Å². The minimum Gasteiger partial charge on any atom is -0.481 e. The summed E-state index contributed by atoms with van der Waals surface area (Å²) in [7, 11) is 0. The Hall–Kier alpha value is -3.16. The predicted molar refractivity (Wildman–Crippen MR) is 124 cm³/mol. The van der Waals surface area contributed by atoms with Gasteiger partial charge >= 0.3 is 11.9 Å². The van der Waals surface area contributed by atoms with Crippen LogP contribution in [-0.4, -0.2) is 81.0 Å². The zero-order chi connectivity index (χ0) is 25.8. The number of nitrogens with two attached hydrogens (primary N) is 1. The molecule has 1 rings (SSSR count). The van der Waals surface area contributed by atoms with Crippen molar-refractivity contribution >= 4 is 42.3 Å². The first-order valence-electron chi connectivity index (χ1n) is 10.4. The van der Waals surface area contributed by atoms with Crippen LogP contribution in [0.1, 0.15) is 25.3 Å². The van der Waals surface area contributed by atoms with Crippen molar-refractivity contribution in [2.75, 3.05) is 5.75 Å². The van der Waals surface area contributed by atoms with Crippen LogP contribution in [0.3, 0.4) is 0 Å². The average molecular weight is 499 g/mol. The zero-order valence-electron chi connectivity index (χ0n) is 18.5. The van der Waals surface area contributed by atoms with Gasteiger partial charge in [0, 0.05) is 12.2 Å². The van der Waals surface area contributed by atoms with Gasteiger partial charge in [0.05, 0.1) is 12.1 Å². The largest absolute Gasteiger partial charge is 0.481 e. The van der Waals surface area contributed by atoms with Gasteiger partial charge in [-0.1, -0.05) is 30.3 Å². The van der Waals surface area contributed by atoms with Crippen molar-refractivity contribution in [3.63, 3.8) is 0 Å². The summed E-state index contributed by atoms with van der Waals surface area (Å²) in [5, 5.41) is 34.4. The number of hydrogen-bond donors (Lipinski definition) is 8. The molecule has 0 aliphatic carbocycles. The second-order valence-electron chi connectivity index (χ2n) is 7.60. The maximum Gasteiger partial charge on any atom is 0.328 e. The van der Waals surface area contributed by atoms with Gasteiger partial charge in [-0.15, -0.1) is 0 Å². The molecule has 0 spiro atoms. The molecule has 1 aromatic rings. The van der Waals surface area contributed by atoms with Crippen LogP contribution in [0.5, 0.6) is 0 Å². The van der Waals surface area contributed by atoms with Crippen molar-refractivity contribution < 1.29 is 39.3 Å². The highest BCUT2D eigenvalue weighted by Gasteiger charge is 2.31. The second-order valence-corrected chi connectivity index (χ2v) is 7.96. The Morgan fingerprint density at radius 1 is 0.941 bits per heavy atom. The summed E-state index contributed by atoms with van der Waals surface area (Å²) in [5.41, 5.74) is 6.71. The molecule has 12 nitrogen and oxygen atoms in total. The van der Waals surface area contributed by atoms with Crippen LogP contribution in [0, 0.1) is 0 Å². The van der Waals surface area contributed by atoms with E-state index in [9.17, 15) is 29.1 Å². The predicted octanol–water partition coefficient (Wildman–Crippen LogP) is -1.73. The molecule has 34 heavy (non-hydrogen) atoms. The van der Waals surface area contributed by atoms with Gasteiger partial charge in [0.25, 0.3) is 0 Å². The molecule has 1 aromatic carbocycles. The molecule has 8 N–H and O–H groups in total. The molecule has 0 aliphatic rings. The molecule has 0 bridgehead atoms. The van der Waals surface area contributed by atoms with E-state index in [2.05, 4.69) is 28.6 Å². The standard InChI is InChI=1S/C21H30N4O8S/c1-11(26)17(21(32)33)25-20(31)15(10-34)24-19(30)14(7-8-16(27)28)23-18(29)13(22)9-12-5-3-2-4-6-12/h2-6,11,13-15,17,26,34H,7-10,22H2,1H3,(H,23,29)(H,24,30)(H,25,31)(H,27,28)(H,32,33). The van der Waals surface area contributed by atoms with E-state index in [0.717, 1.165) is 5.56 Å². The molecule has 0 aromatic heterocycles. The van der Waals surface area contributed by atoms with E-state index in [1.54, 1.807) is 30.3 Å². The first-order chi connectivity index (χ1) is 16.0. The van der Waals surface area contributed by atoms with Crippen molar-refractivity contribution in [3.05, 3.63) is 35.9 Å². The molecular formula is C21H30N4O8S. The highest BCUT2D eigenvalue weighted by atomic mass is 32.1. The van der Waals surface area contributed by atoms with Crippen LogP contribution < -0.4 is 21.7 Å². The Kier molecular flexibility index (Phi) is 12.0. The molecule has 0 fully saturated rings. The van der Waals surface area contributed by atoms with Crippen molar-refractivity contribution in [3.8, 4) is 0 Å². The van der Waals surface area contributed by atoms with Gasteiger partial charge in [0.1, 0.15) is 12.1 Å². The number of nitrogens with one attached hydrogen (secondary N) is 3. The fraction of sp³-hybridized carbons (Fsp3) is 0.476. The number of aliphatic hydroxyl groups is 1. The highest BCUT2D eigenvalue weighted by molar-refractivity contribution is 7.80. The molecule has 188 valence electrons. The number of carbonyl (C=O) groups excluding carboxylic acids is 3. The fourth-order valence-electron chi connectivity index (χ4n) is 2.89. The normalized spacial score (nSPS) is 15.2. The minimum absolute atomic E-state index is 0.178. The van der Waals surface area contributed by atoms with E-state index < -0.39 is 66.4 Å². The summed E-state index contributed by atoms with van der Waals surface area (Å²) >= 11 is 3.98. The van der Waals surface area contributed by atoms with Crippen molar-refractivity contribution in [2.24, 2.45) is 5.73 Å². The highest BCUT2D eigenvalue weighted by Crippen LogP contribution is 2.05. The number of carbonyl (C=O) groups is 5. The molecule has 0 saturated carbocycles. The Bertz CT molecular complexity index is 868. The van der Waals surface area contributed by atoms with Crippen LogP contribution in [0.2, 0.25) is 0 Å². The second kappa shape index (κ2) is 14.2. The minimum atomic E-state index is -1.62. The quantitative estimate of drug-likeness (QED) is 0.137. The van der Waals surface area contributed by atoms with Crippen LogP contribution in [0.15, 0.2) is 30.3 Å². The van der Waals surface area contributed by atoms with Gasteiger partial charge in [-0.05, 0) is 25.3 Å². The Morgan fingerprint density at radius 2 is 1.50 bits per heavy atom. The lowest BCUT2D eigenvalue weighted by molar-refractivity contribution is -0.145. The summed E-state index contributed by atoms with van der Waals surface area (Å²) in [6.07, 6.45) is -1.96. The monoisotopic (exact) mass is 498 g/mol. The van der Waals surface area contributed by atoms with Gasteiger partial charge in [-0.3, -0.25) is 19.2 Å². The van der Waals surface area contributed by atoms with Crippen molar-refractivity contribution in [2.45, 2.75) is 56.5 Å². The number of benzene rings is 1. The molecule has 0 heterocycles. The van der Waals surface area contributed by atoms with Gasteiger partial charge in [-0.2, -0.15) is 12.6 Å². The summed E-state index contributed by atoms with van der Waals surface area (Å²) in [5.74, 6) is -5.42. The van der Waals surface area contributed by atoms with E-state index in [0.29, 0.717) is 0 Å². The maximum atomic E-state index is 12.8. The third-order valence-electron chi connectivity index (χ3n) is 4.78. The van der Waals surface area contributed by atoms with Gasteiger partial charge in [0.15, 0.2) is 6.04 Å². The van der Waals surface area contributed by atoms with Crippen molar-refractivity contribution in [1.82, 2.24) is 16.0 Å². The molecule has 0 aliphatic heterocycles. The first-order valence-corrected chi connectivity index (χ1v) is 11.0. The summed E-state index contributed by atoms with van der Waals surface area (Å²) in [6, 6.07) is 3.61. The molecular weight excluding hydrogens is 468 g/mol. The summed E-state index contributed by atoms with van der Waals surface area (Å²) in [4.78, 5) is 59.9. The third kappa shape index (κ3) is 9.77. The number of carboxylic acids is 2. The van der Waals surface area contributed by atoms with Crippen LogP contribution >= 0.6 is 12.6 Å². The Labute approximate surface area is 201 Å². The molecule has 5 unspecified atom stereocenters. The van der Waals surface area contributed by atoms with E-state index in [-0.39, 0.29) is 18.6 Å². The molecule has 3 amide bonds. The molecule has 0 radical (unpaired) electrons. The fourth-order valence-corrected chi connectivity index (χ4v) is 3.14. The molecule has 5 atom stereocenters. The summed E-state index contributed by atoms with van der Waals surface area (Å²) in [6.45, 7) is 1.17. The smallest absolute Gasteiger partial charge is 0.328 e.